The van der Waals surface area contributed by atoms with Crippen LogP contribution in [-0.4, -0.2) is 30.0 Å². The highest BCUT2D eigenvalue weighted by molar-refractivity contribution is 9.10. The molecule has 35 heavy (non-hydrogen) atoms. The molecule has 0 aliphatic carbocycles. The number of nitrogens with zero attached hydrogens (tertiary/aromatic N) is 5. The zero-order valence-corrected chi connectivity index (χ0v) is 20.5. The Morgan fingerprint density at radius 2 is 1.83 bits per heavy atom. The van der Waals surface area contributed by atoms with Gasteiger partial charge in [-0.25, -0.2) is 10.2 Å². The molecule has 0 amide bonds. The molecule has 0 saturated heterocycles. The van der Waals surface area contributed by atoms with Crippen LogP contribution in [0.5, 0.6) is 5.75 Å². The van der Waals surface area contributed by atoms with Crippen molar-refractivity contribution in [2.24, 2.45) is 19.2 Å². The van der Waals surface area contributed by atoms with E-state index >= 15 is 0 Å². The fraction of sp³-hybridized carbons (Fsp3) is 0.120. The van der Waals surface area contributed by atoms with Gasteiger partial charge in [-0.3, -0.25) is 18.5 Å². The molecule has 0 bridgehead atoms. The highest BCUT2D eigenvalue weighted by atomic mass is 79.9. The number of aromatic hydroxyl groups is 1. The second-order valence-electron chi connectivity index (χ2n) is 8.11. The molecule has 5 rings (SSSR count). The van der Waals surface area contributed by atoms with Crippen LogP contribution in [0.4, 0.5) is 5.95 Å². The molecule has 0 fully saturated rings. The van der Waals surface area contributed by atoms with Crippen LogP contribution < -0.4 is 16.7 Å². The Hall–Kier alpha value is -4.18. The van der Waals surface area contributed by atoms with Gasteiger partial charge in [0.25, 0.3) is 5.56 Å². The maximum Gasteiger partial charge on any atom is 0.332 e. The van der Waals surface area contributed by atoms with Gasteiger partial charge in [0.15, 0.2) is 11.2 Å². The maximum atomic E-state index is 13.2. The summed E-state index contributed by atoms with van der Waals surface area (Å²) in [7, 11) is 3.02. The number of hydrogen-bond donors (Lipinski definition) is 2. The van der Waals surface area contributed by atoms with E-state index in [0.717, 1.165) is 25.4 Å². The fourth-order valence-electron chi connectivity index (χ4n) is 4.07. The van der Waals surface area contributed by atoms with Crippen molar-refractivity contribution in [3.63, 3.8) is 0 Å². The molecule has 3 aromatic carbocycles. The molecule has 0 radical (unpaired) electrons. The molecule has 0 saturated carbocycles. The normalized spacial score (nSPS) is 11.6. The molecule has 0 unspecified atom stereocenters. The summed E-state index contributed by atoms with van der Waals surface area (Å²) < 4.78 is 4.91. The summed E-state index contributed by atoms with van der Waals surface area (Å²) >= 11 is 3.38. The Morgan fingerprint density at radius 3 is 2.66 bits per heavy atom. The van der Waals surface area contributed by atoms with Gasteiger partial charge >= 0.3 is 5.69 Å². The largest absolute Gasteiger partial charge is 0.507 e. The summed E-state index contributed by atoms with van der Waals surface area (Å²) in [6.45, 7) is 0.325. The summed E-state index contributed by atoms with van der Waals surface area (Å²) in [4.78, 5) is 30.2. The number of aryl methyl sites for hydroxylation is 1. The quantitative estimate of drug-likeness (QED) is 0.266. The van der Waals surface area contributed by atoms with E-state index in [2.05, 4.69) is 31.4 Å². The molecule has 0 atom stereocenters. The Labute approximate surface area is 207 Å². The number of anilines is 1. The standard InChI is InChI=1S/C25H21BrN6O3/c1-30-22-21(23(34)31(2)25(30)35)32(14-16-8-5-7-15-6-3-4-9-19(15)16)24(28-22)29-27-13-17-12-18(26)10-11-20(17)33/h3-13,33H,14H2,1-2H3,(H,28,29). The summed E-state index contributed by atoms with van der Waals surface area (Å²) in [6.07, 6.45) is 1.46. The third kappa shape index (κ3) is 4.01. The number of aromatic nitrogens is 4. The summed E-state index contributed by atoms with van der Waals surface area (Å²) in [6, 6.07) is 19.0. The molecule has 0 spiro atoms. The molecular weight excluding hydrogens is 512 g/mol. The molecule has 2 heterocycles. The molecule has 176 valence electrons. The highest BCUT2D eigenvalue weighted by Crippen LogP contribution is 2.24. The van der Waals surface area contributed by atoms with Gasteiger partial charge in [-0.05, 0) is 34.5 Å². The van der Waals surface area contributed by atoms with Gasteiger partial charge < -0.3 is 5.11 Å². The van der Waals surface area contributed by atoms with Crippen LogP contribution >= 0.6 is 15.9 Å². The van der Waals surface area contributed by atoms with E-state index in [1.165, 1.54) is 17.8 Å². The van der Waals surface area contributed by atoms with Crippen molar-refractivity contribution in [3.05, 3.63) is 97.1 Å². The number of fused-ring (bicyclic) bond motifs is 2. The van der Waals surface area contributed by atoms with E-state index < -0.39 is 11.2 Å². The van der Waals surface area contributed by atoms with Gasteiger partial charge in [0.2, 0.25) is 5.95 Å². The van der Waals surface area contributed by atoms with Crippen molar-refractivity contribution < 1.29 is 5.11 Å². The first kappa shape index (κ1) is 22.6. The first-order valence-electron chi connectivity index (χ1n) is 10.8. The lowest BCUT2D eigenvalue weighted by atomic mass is 10.0. The highest BCUT2D eigenvalue weighted by Gasteiger charge is 2.20. The van der Waals surface area contributed by atoms with Crippen molar-refractivity contribution in [1.29, 1.82) is 0 Å². The van der Waals surface area contributed by atoms with Gasteiger partial charge in [-0.2, -0.15) is 10.1 Å². The lowest BCUT2D eigenvalue weighted by Gasteiger charge is -2.11. The molecule has 0 aliphatic heterocycles. The van der Waals surface area contributed by atoms with E-state index in [0.29, 0.717) is 12.1 Å². The lowest BCUT2D eigenvalue weighted by Crippen LogP contribution is -2.37. The third-order valence-electron chi connectivity index (χ3n) is 5.91. The second-order valence-corrected chi connectivity index (χ2v) is 9.03. The first-order chi connectivity index (χ1) is 16.8. The number of phenols is 1. The van der Waals surface area contributed by atoms with Crippen LogP contribution in [0, 0.1) is 0 Å². The van der Waals surface area contributed by atoms with Crippen LogP contribution in [-0.2, 0) is 20.6 Å². The Bertz CT molecular complexity index is 1740. The monoisotopic (exact) mass is 532 g/mol. The van der Waals surface area contributed by atoms with E-state index in [9.17, 15) is 14.7 Å². The lowest BCUT2D eigenvalue weighted by molar-refractivity contribution is 0.474. The second kappa shape index (κ2) is 8.88. The van der Waals surface area contributed by atoms with Crippen molar-refractivity contribution >= 4 is 50.0 Å². The van der Waals surface area contributed by atoms with Crippen LogP contribution in [0.15, 0.2) is 79.8 Å². The average molecular weight is 533 g/mol. The molecule has 2 N–H and O–H groups in total. The molecular formula is C25H21BrN6O3. The predicted octanol–water partition coefficient (Wildman–Crippen LogP) is 3.55. The number of rotatable bonds is 5. The number of halogens is 1. The Morgan fingerprint density at radius 1 is 1.06 bits per heavy atom. The smallest absolute Gasteiger partial charge is 0.332 e. The van der Waals surface area contributed by atoms with Crippen molar-refractivity contribution in [2.75, 3.05) is 5.43 Å². The SMILES string of the molecule is Cn1c(=O)c2c(nc(NN=Cc3cc(Br)ccc3O)n2Cc2cccc3ccccc23)n(C)c1=O. The van der Waals surface area contributed by atoms with Crippen LogP contribution in [0.2, 0.25) is 0 Å². The van der Waals surface area contributed by atoms with E-state index in [1.54, 1.807) is 29.8 Å². The number of hydrogen-bond acceptors (Lipinski definition) is 6. The number of benzene rings is 3. The fourth-order valence-corrected chi connectivity index (χ4v) is 4.45. The van der Waals surface area contributed by atoms with Crippen LogP contribution in [0.1, 0.15) is 11.1 Å². The molecule has 9 nitrogen and oxygen atoms in total. The van der Waals surface area contributed by atoms with E-state index in [4.69, 9.17) is 0 Å². The van der Waals surface area contributed by atoms with E-state index in [1.807, 2.05) is 42.5 Å². The zero-order chi connectivity index (χ0) is 24.7. The minimum atomic E-state index is -0.466. The minimum absolute atomic E-state index is 0.0688. The van der Waals surface area contributed by atoms with Crippen molar-refractivity contribution in [3.8, 4) is 5.75 Å². The van der Waals surface area contributed by atoms with Gasteiger partial charge in [-0.15, -0.1) is 0 Å². The maximum absolute atomic E-state index is 13.2. The number of imidazole rings is 1. The minimum Gasteiger partial charge on any atom is -0.507 e. The molecule has 2 aromatic heterocycles. The number of phenolic OH excluding ortho intramolecular Hbond substituents is 1. The number of hydrazone groups is 1. The molecule has 5 aromatic rings. The van der Waals surface area contributed by atoms with E-state index in [-0.39, 0.29) is 22.9 Å². The van der Waals surface area contributed by atoms with Crippen molar-refractivity contribution in [1.82, 2.24) is 18.7 Å². The van der Waals surface area contributed by atoms with Gasteiger partial charge in [0, 0.05) is 24.1 Å². The van der Waals surface area contributed by atoms with Crippen molar-refractivity contribution in [2.45, 2.75) is 6.54 Å². The summed E-state index contributed by atoms with van der Waals surface area (Å²) in [5.41, 5.74) is 3.99. The third-order valence-corrected chi connectivity index (χ3v) is 6.41. The summed E-state index contributed by atoms with van der Waals surface area (Å²) in [5, 5.41) is 16.5. The Balaban J connectivity index is 1.66. The predicted molar refractivity (Wildman–Crippen MR) is 140 cm³/mol. The topological polar surface area (TPSA) is 106 Å². The zero-order valence-electron chi connectivity index (χ0n) is 18.9. The summed E-state index contributed by atoms with van der Waals surface area (Å²) in [5.74, 6) is 0.358. The van der Waals surface area contributed by atoms with Gasteiger partial charge in [0.1, 0.15) is 5.75 Å². The number of nitrogens with one attached hydrogen (secondary N) is 1. The first-order valence-corrected chi connectivity index (χ1v) is 11.5. The van der Waals surface area contributed by atoms with Gasteiger partial charge in [-0.1, -0.05) is 58.4 Å². The van der Waals surface area contributed by atoms with Crippen LogP contribution in [0.3, 0.4) is 0 Å². The average Bonchev–Trinajstić information content (AvgIpc) is 3.22. The van der Waals surface area contributed by atoms with Gasteiger partial charge in [0.05, 0.1) is 12.8 Å². The molecule has 0 aliphatic rings. The Kier molecular flexibility index (Phi) is 5.73. The molecule has 10 heteroatoms. The van der Waals surface area contributed by atoms with Crippen LogP contribution in [0.25, 0.3) is 21.9 Å².